The van der Waals surface area contributed by atoms with Crippen LogP contribution in [0.5, 0.6) is 17.2 Å². The van der Waals surface area contributed by atoms with Gasteiger partial charge in [-0.05, 0) is 67.9 Å². The Morgan fingerprint density at radius 2 is 1.79 bits per heavy atom. The standard InChI is InChI=1S/C35H35F4N3O5/c1-21(22-7-5-4-6-8-22)42-34(2)20-47-32-26(34)18-28(41-31(32)23-9-12-25(36)13-10-23)27(35(37,38)39)19-40-33(44)24-11-14-29(46-16-15-43)30(17-24)45-3/h4-14,17-18,21,27,42-43H,15-16,19-20H2,1-3H3,(H,40,44)/t21-,27+,34+/m0/s1. The third-order valence-corrected chi connectivity index (χ3v) is 8.04. The van der Waals surface area contributed by atoms with E-state index in [1.807, 2.05) is 44.2 Å². The number of carbonyl (C=O) groups is 1. The number of nitrogens with zero attached hydrogens (tertiary/aromatic N) is 1. The minimum Gasteiger partial charge on any atom is -0.493 e. The van der Waals surface area contributed by atoms with Crippen molar-refractivity contribution in [1.82, 2.24) is 15.6 Å². The zero-order valence-corrected chi connectivity index (χ0v) is 26.0. The van der Waals surface area contributed by atoms with Crippen molar-refractivity contribution in [3.63, 3.8) is 0 Å². The summed E-state index contributed by atoms with van der Waals surface area (Å²) in [6, 6.07) is 20.2. The molecule has 12 heteroatoms. The first kappa shape index (κ1) is 33.7. The van der Waals surface area contributed by atoms with Gasteiger partial charge in [-0.3, -0.25) is 10.1 Å². The van der Waals surface area contributed by atoms with Gasteiger partial charge in [0.15, 0.2) is 17.2 Å². The van der Waals surface area contributed by atoms with Crippen LogP contribution in [0.1, 0.15) is 53.0 Å². The zero-order valence-electron chi connectivity index (χ0n) is 26.0. The number of aromatic nitrogens is 1. The van der Waals surface area contributed by atoms with Crippen LogP contribution in [0.2, 0.25) is 0 Å². The molecule has 2 heterocycles. The summed E-state index contributed by atoms with van der Waals surface area (Å²) in [6.07, 6.45) is -4.80. The maximum absolute atomic E-state index is 14.8. The molecule has 0 aliphatic carbocycles. The van der Waals surface area contributed by atoms with E-state index in [9.17, 15) is 22.4 Å². The van der Waals surface area contributed by atoms with Crippen LogP contribution in [0.25, 0.3) is 11.3 Å². The van der Waals surface area contributed by atoms with Gasteiger partial charge in [-0.25, -0.2) is 9.37 Å². The second kappa shape index (κ2) is 14.0. The molecule has 1 aromatic heterocycles. The van der Waals surface area contributed by atoms with E-state index in [0.717, 1.165) is 5.56 Å². The summed E-state index contributed by atoms with van der Waals surface area (Å²) in [4.78, 5) is 17.5. The number of aliphatic hydroxyl groups excluding tert-OH is 1. The first-order chi connectivity index (χ1) is 22.4. The molecule has 0 saturated heterocycles. The molecule has 4 aromatic rings. The van der Waals surface area contributed by atoms with Crippen molar-refractivity contribution in [2.75, 3.05) is 33.5 Å². The van der Waals surface area contributed by atoms with Crippen molar-refractivity contribution in [3.8, 4) is 28.5 Å². The number of pyridine rings is 1. The molecule has 0 bridgehead atoms. The Labute approximate surface area is 269 Å². The molecule has 1 aliphatic rings. The molecule has 0 unspecified atom stereocenters. The highest BCUT2D eigenvalue weighted by molar-refractivity contribution is 5.95. The van der Waals surface area contributed by atoms with Crippen LogP contribution >= 0.6 is 0 Å². The lowest BCUT2D eigenvalue weighted by atomic mass is 9.89. The summed E-state index contributed by atoms with van der Waals surface area (Å²) in [7, 11) is 1.35. The van der Waals surface area contributed by atoms with E-state index in [1.54, 1.807) is 0 Å². The Hall–Kier alpha value is -4.68. The van der Waals surface area contributed by atoms with Crippen molar-refractivity contribution in [3.05, 3.63) is 107 Å². The third-order valence-electron chi connectivity index (χ3n) is 8.04. The van der Waals surface area contributed by atoms with Crippen LogP contribution in [0, 0.1) is 5.82 Å². The van der Waals surface area contributed by atoms with Crippen LogP contribution in [0.15, 0.2) is 78.9 Å². The highest BCUT2D eigenvalue weighted by atomic mass is 19.4. The van der Waals surface area contributed by atoms with Gasteiger partial charge in [0.25, 0.3) is 5.91 Å². The predicted molar refractivity (Wildman–Crippen MR) is 167 cm³/mol. The van der Waals surface area contributed by atoms with E-state index in [0.29, 0.717) is 16.9 Å². The van der Waals surface area contributed by atoms with E-state index in [4.69, 9.17) is 19.3 Å². The summed E-state index contributed by atoms with van der Waals surface area (Å²) in [5.74, 6) is -2.72. The van der Waals surface area contributed by atoms with E-state index in [-0.39, 0.29) is 54.3 Å². The van der Waals surface area contributed by atoms with E-state index < -0.39 is 35.9 Å². The average molecular weight is 654 g/mol. The maximum atomic E-state index is 14.8. The molecular weight excluding hydrogens is 618 g/mol. The summed E-state index contributed by atoms with van der Waals surface area (Å²) < 4.78 is 74.8. The summed E-state index contributed by atoms with van der Waals surface area (Å²) in [6.45, 7) is 2.86. The normalized spacial score (nSPS) is 16.9. The van der Waals surface area contributed by atoms with Gasteiger partial charge in [0, 0.05) is 29.3 Å². The van der Waals surface area contributed by atoms with Gasteiger partial charge < -0.3 is 24.6 Å². The lowest BCUT2D eigenvalue weighted by molar-refractivity contribution is -0.149. The number of hydrogen-bond donors (Lipinski definition) is 3. The molecule has 0 fully saturated rings. The SMILES string of the molecule is COc1cc(C(=O)NC[C@H](c2cc3c(c(-c4ccc(F)cc4)n2)OC[C@@]3(C)N[C@@H](C)c2ccccc2)C(F)(F)F)ccc1OCCO. The molecule has 0 spiro atoms. The number of hydrogen-bond acceptors (Lipinski definition) is 7. The highest BCUT2D eigenvalue weighted by Gasteiger charge is 2.45. The molecule has 8 nitrogen and oxygen atoms in total. The number of nitrogens with one attached hydrogen (secondary N) is 2. The topological polar surface area (TPSA) is 102 Å². The Morgan fingerprint density at radius 3 is 2.45 bits per heavy atom. The number of alkyl halides is 3. The number of rotatable bonds is 12. The predicted octanol–water partition coefficient (Wildman–Crippen LogP) is 6.30. The average Bonchev–Trinajstić information content (AvgIpc) is 3.39. The van der Waals surface area contributed by atoms with Gasteiger partial charge >= 0.3 is 6.18 Å². The number of amides is 1. The van der Waals surface area contributed by atoms with Crippen molar-refractivity contribution in [1.29, 1.82) is 0 Å². The molecule has 47 heavy (non-hydrogen) atoms. The van der Waals surface area contributed by atoms with Gasteiger partial charge in [0.05, 0.1) is 24.9 Å². The van der Waals surface area contributed by atoms with E-state index >= 15 is 0 Å². The second-order valence-corrected chi connectivity index (χ2v) is 11.4. The summed E-state index contributed by atoms with van der Waals surface area (Å²) in [5, 5.41) is 14.9. The minimum absolute atomic E-state index is 0.00632. The van der Waals surface area contributed by atoms with Crippen LogP contribution in [-0.2, 0) is 5.54 Å². The summed E-state index contributed by atoms with van der Waals surface area (Å²) >= 11 is 0. The Kier molecular flexibility index (Phi) is 10.0. The third kappa shape index (κ3) is 7.50. The number of benzene rings is 3. The van der Waals surface area contributed by atoms with Crippen molar-refractivity contribution < 1.29 is 41.7 Å². The van der Waals surface area contributed by atoms with Crippen LogP contribution in [0.4, 0.5) is 17.6 Å². The smallest absolute Gasteiger partial charge is 0.398 e. The van der Waals surface area contributed by atoms with Gasteiger partial charge in [0.2, 0.25) is 0 Å². The largest absolute Gasteiger partial charge is 0.493 e. The van der Waals surface area contributed by atoms with Gasteiger partial charge in [0.1, 0.15) is 30.6 Å². The first-order valence-electron chi connectivity index (χ1n) is 15.0. The van der Waals surface area contributed by atoms with E-state index in [2.05, 4.69) is 15.6 Å². The Bertz CT molecular complexity index is 1700. The van der Waals surface area contributed by atoms with Crippen LogP contribution < -0.4 is 24.8 Å². The van der Waals surface area contributed by atoms with Gasteiger partial charge in [-0.15, -0.1) is 0 Å². The van der Waals surface area contributed by atoms with Crippen molar-refractivity contribution >= 4 is 5.91 Å². The monoisotopic (exact) mass is 653 g/mol. The quantitative estimate of drug-likeness (QED) is 0.154. The number of fused-ring (bicyclic) bond motifs is 1. The summed E-state index contributed by atoms with van der Waals surface area (Å²) in [5.41, 5.74) is 0.779. The fourth-order valence-corrected chi connectivity index (χ4v) is 5.58. The van der Waals surface area contributed by atoms with Crippen molar-refractivity contribution in [2.24, 2.45) is 0 Å². The minimum atomic E-state index is -4.80. The van der Waals surface area contributed by atoms with E-state index in [1.165, 1.54) is 55.6 Å². The lowest BCUT2D eigenvalue weighted by Crippen LogP contribution is -2.42. The molecule has 3 atom stereocenters. The highest BCUT2D eigenvalue weighted by Crippen LogP contribution is 2.46. The Balaban J connectivity index is 1.50. The maximum Gasteiger partial charge on any atom is 0.398 e. The molecule has 0 radical (unpaired) electrons. The molecule has 3 N–H and O–H groups in total. The first-order valence-corrected chi connectivity index (χ1v) is 15.0. The molecule has 5 rings (SSSR count). The van der Waals surface area contributed by atoms with Crippen LogP contribution in [-0.4, -0.2) is 55.6 Å². The lowest BCUT2D eigenvalue weighted by Gasteiger charge is -2.30. The molecule has 1 aliphatic heterocycles. The molecule has 3 aromatic carbocycles. The van der Waals surface area contributed by atoms with Gasteiger partial charge in [-0.1, -0.05) is 30.3 Å². The number of halogens is 4. The fraction of sp³-hybridized carbons (Fsp3) is 0.314. The molecule has 1 amide bonds. The van der Waals surface area contributed by atoms with Crippen molar-refractivity contribution in [2.45, 2.75) is 37.5 Å². The molecular formula is C35H35F4N3O5. The zero-order chi connectivity index (χ0) is 33.8. The molecule has 0 saturated carbocycles. The number of carbonyl (C=O) groups excluding carboxylic acids is 1. The van der Waals surface area contributed by atoms with Gasteiger partial charge in [-0.2, -0.15) is 13.2 Å². The van der Waals surface area contributed by atoms with Crippen LogP contribution in [0.3, 0.4) is 0 Å². The molecule has 248 valence electrons. The second-order valence-electron chi connectivity index (χ2n) is 11.4. The number of ether oxygens (including phenoxy) is 3. The fourth-order valence-electron chi connectivity index (χ4n) is 5.58. The Morgan fingerprint density at radius 1 is 1.06 bits per heavy atom. The number of methoxy groups -OCH3 is 1. The number of aliphatic hydroxyl groups is 1.